The van der Waals surface area contributed by atoms with E-state index >= 15 is 0 Å². The molecule has 5 aromatic rings. The van der Waals surface area contributed by atoms with Crippen molar-refractivity contribution in [2.75, 3.05) is 10.6 Å². The van der Waals surface area contributed by atoms with Crippen LogP contribution in [0.5, 0.6) is 0 Å². The van der Waals surface area contributed by atoms with Gasteiger partial charge in [-0.2, -0.15) is 0 Å². The third-order valence-corrected chi connectivity index (χ3v) is 6.40. The molecular weight excluding hydrogens is 509 g/mol. The fourth-order valence-electron chi connectivity index (χ4n) is 4.57. The van der Waals surface area contributed by atoms with Gasteiger partial charge in [0.2, 0.25) is 17.6 Å². The van der Waals surface area contributed by atoms with E-state index in [0.717, 1.165) is 11.6 Å². The summed E-state index contributed by atoms with van der Waals surface area (Å²) in [6, 6.07) is 21.8. The summed E-state index contributed by atoms with van der Waals surface area (Å²) >= 11 is 0. The maximum atomic E-state index is 14.2. The van der Waals surface area contributed by atoms with Gasteiger partial charge < -0.3 is 15.2 Å². The van der Waals surface area contributed by atoms with Crippen molar-refractivity contribution >= 4 is 29.0 Å². The van der Waals surface area contributed by atoms with E-state index in [1.165, 1.54) is 28.7 Å². The number of nitrogens with one attached hydrogen (secondary N) is 2. The number of benzene rings is 3. The van der Waals surface area contributed by atoms with E-state index in [1.807, 2.05) is 37.3 Å². The smallest absolute Gasteiger partial charge is 0.267 e. The van der Waals surface area contributed by atoms with Crippen molar-refractivity contribution in [3.8, 4) is 22.4 Å². The molecule has 8 nitrogen and oxygen atoms in total. The predicted molar refractivity (Wildman–Crippen MR) is 154 cm³/mol. The predicted octanol–water partition coefficient (Wildman–Crippen LogP) is 5.29. The highest BCUT2D eigenvalue weighted by molar-refractivity contribution is 6.01. The topological polar surface area (TPSA) is 97.5 Å². The summed E-state index contributed by atoms with van der Waals surface area (Å²) < 4.78 is 16.4. The average Bonchev–Trinajstić information content (AvgIpc) is 3.32. The van der Waals surface area contributed by atoms with Gasteiger partial charge in [0, 0.05) is 17.4 Å². The molecule has 40 heavy (non-hydrogen) atoms. The summed E-state index contributed by atoms with van der Waals surface area (Å²) in [6.07, 6.45) is 3.32. The third kappa shape index (κ3) is 5.17. The Morgan fingerprint density at radius 3 is 2.38 bits per heavy atom. The van der Waals surface area contributed by atoms with Crippen molar-refractivity contribution in [2.24, 2.45) is 0 Å². The van der Waals surface area contributed by atoms with Crippen LogP contribution in [-0.4, -0.2) is 25.8 Å². The number of carbonyl (C=O) groups is 2. The number of halogens is 1. The van der Waals surface area contributed by atoms with Crippen LogP contribution in [0.15, 0.2) is 103 Å². The number of anilines is 2. The number of aryl methyl sites for hydroxylation is 1. The molecule has 9 heteroatoms. The van der Waals surface area contributed by atoms with Gasteiger partial charge in [-0.3, -0.25) is 14.4 Å². The van der Waals surface area contributed by atoms with Crippen molar-refractivity contribution in [1.82, 2.24) is 14.0 Å². The summed E-state index contributed by atoms with van der Waals surface area (Å²) in [6.45, 7) is 5.27. The number of amides is 2. The Bertz CT molecular complexity index is 1790. The number of hydrogen-bond acceptors (Lipinski definition) is 4. The number of nitrogens with zero attached hydrogens (tertiary/aromatic N) is 3. The number of aromatic nitrogens is 3. The lowest BCUT2D eigenvalue weighted by molar-refractivity contribution is -0.116. The van der Waals surface area contributed by atoms with Crippen LogP contribution in [0.3, 0.4) is 0 Å². The molecule has 2 aromatic heterocycles. The van der Waals surface area contributed by atoms with E-state index in [2.05, 4.69) is 17.2 Å². The average molecular weight is 536 g/mol. The molecule has 0 bridgehead atoms. The number of carbonyl (C=O) groups excluding carboxylic acids is 2. The molecule has 0 fully saturated rings. The first-order valence-electron chi connectivity index (χ1n) is 12.7. The van der Waals surface area contributed by atoms with Crippen LogP contribution in [0, 0.1) is 5.82 Å². The second-order valence-corrected chi connectivity index (χ2v) is 9.03. The van der Waals surface area contributed by atoms with Crippen molar-refractivity contribution in [1.29, 1.82) is 0 Å². The minimum Gasteiger partial charge on any atom is -0.325 e. The van der Waals surface area contributed by atoms with Gasteiger partial charge in [0.25, 0.3) is 5.56 Å². The molecule has 200 valence electrons. The molecule has 2 N–H and O–H groups in total. The fraction of sp³-hybridized carbons (Fsp3) is 0.0968. The number of fused-ring (bicyclic) bond motifs is 1. The molecule has 0 aliphatic rings. The van der Waals surface area contributed by atoms with E-state index in [9.17, 15) is 18.8 Å². The Labute approximate surface area is 229 Å². The van der Waals surface area contributed by atoms with Gasteiger partial charge in [-0.1, -0.05) is 62.0 Å². The fourth-order valence-corrected chi connectivity index (χ4v) is 4.57. The van der Waals surface area contributed by atoms with E-state index in [4.69, 9.17) is 4.98 Å². The summed E-state index contributed by atoms with van der Waals surface area (Å²) in [7, 11) is 0. The Kier molecular flexibility index (Phi) is 7.37. The maximum absolute atomic E-state index is 14.2. The Balaban J connectivity index is 1.71. The number of hydrogen-bond donors (Lipinski definition) is 2. The molecule has 0 atom stereocenters. The van der Waals surface area contributed by atoms with Crippen molar-refractivity contribution in [3.05, 3.63) is 120 Å². The van der Waals surface area contributed by atoms with E-state index < -0.39 is 11.7 Å². The molecule has 5 rings (SSSR count). The Morgan fingerprint density at radius 1 is 0.975 bits per heavy atom. The largest absolute Gasteiger partial charge is 0.325 e. The lowest BCUT2D eigenvalue weighted by atomic mass is 10.0. The second kappa shape index (κ2) is 11.2. The maximum Gasteiger partial charge on any atom is 0.267 e. The minimum absolute atomic E-state index is 0.164. The van der Waals surface area contributed by atoms with E-state index in [-0.39, 0.29) is 23.8 Å². The van der Waals surface area contributed by atoms with Crippen molar-refractivity contribution < 1.29 is 14.0 Å². The van der Waals surface area contributed by atoms with Crippen LogP contribution in [0.25, 0.3) is 28.2 Å². The summed E-state index contributed by atoms with van der Waals surface area (Å²) in [5.41, 5.74) is 3.39. The minimum atomic E-state index is -0.411. The monoisotopic (exact) mass is 535 g/mol. The van der Waals surface area contributed by atoms with E-state index in [0.29, 0.717) is 40.3 Å². The third-order valence-electron chi connectivity index (χ3n) is 6.40. The first-order chi connectivity index (χ1) is 19.4. The molecule has 2 amide bonds. The SMILES string of the molecule is C=CC(=O)Nc1ccccc1-c1cn(CC(=O)Nc2ccc(F)cc2)c2nc(CC)c(-c3ccccc3)c(=O)n12. The quantitative estimate of drug-likeness (QED) is 0.264. The molecule has 0 unspecified atom stereocenters. The van der Waals surface area contributed by atoms with Gasteiger partial charge in [-0.25, -0.2) is 13.8 Å². The second-order valence-electron chi connectivity index (χ2n) is 9.03. The molecule has 0 radical (unpaired) electrons. The molecule has 2 heterocycles. The highest BCUT2D eigenvalue weighted by Crippen LogP contribution is 2.30. The molecule has 0 saturated heterocycles. The molecule has 0 aliphatic heterocycles. The zero-order valence-corrected chi connectivity index (χ0v) is 21.7. The lowest BCUT2D eigenvalue weighted by Gasteiger charge is -2.12. The van der Waals surface area contributed by atoms with Crippen LogP contribution in [0.2, 0.25) is 0 Å². The molecule has 0 aliphatic carbocycles. The van der Waals surface area contributed by atoms with Crippen LogP contribution in [-0.2, 0) is 22.6 Å². The van der Waals surface area contributed by atoms with Gasteiger partial charge in [0.05, 0.1) is 22.6 Å². The first-order valence-corrected chi connectivity index (χ1v) is 12.7. The first kappa shape index (κ1) is 26.3. The Morgan fingerprint density at radius 2 is 1.68 bits per heavy atom. The van der Waals surface area contributed by atoms with Crippen LogP contribution in [0.4, 0.5) is 15.8 Å². The van der Waals surface area contributed by atoms with Gasteiger partial charge in [0.1, 0.15) is 12.4 Å². The van der Waals surface area contributed by atoms with Crippen molar-refractivity contribution in [3.63, 3.8) is 0 Å². The lowest BCUT2D eigenvalue weighted by Crippen LogP contribution is -2.23. The summed E-state index contributed by atoms with van der Waals surface area (Å²) in [5.74, 6) is -0.927. The van der Waals surface area contributed by atoms with Crippen molar-refractivity contribution in [2.45, 2.75) is 19.9 Å². The molecule has 0 saturated carbocycles. The van der Waals surface area contributed by atoms with Gasteiger partial charge in [0.15, 0.2) is 0 Å². The van der Waals surface area contributed by atoms with Gasteiger partial charge >= 0.3 is 0 Å². The normalized spacial score (nSPS) is 10.8. The van der Waals surface area contributed by atoms with Crippen LogP contribution < -0.4 is 16.2 Å². The van der Waals surface area contributed by atoms with E-state index in [1.54, 1.807) is 35.0 Å². The highest BCUT2D eigenvalue weighted by atomic mass is 19.1. The summed E-state index contributed by atoms with van der Waals surface area (Å²) in [4.78, 5) is 44.2. The van der Waals surface area contributed by atoms with Gasteiger partial charge in [-0.15, -0.1) is 0 Å². The number of imidazole rings is 1. The molecular formula is C31H26FN5O3. The standard InChI is InChI=1S/C31H26FN5O3/c1-3-24-29(20-10-6-5-7-11-20)30(40)37-26(23-12-8-9-13-25(23)34-27(38)4-2)18-36(31(37)35-24)19-28(39)33-22-16-14-21(32)15-17-22/h4-18H,2-3,19H2,1H3,(H,33,39)(H,34,38). The van der Waals surface area contributed by atoms with Crippen LogP contribution in [0.1, 0.15) is 12.6 Å². The van der Waals surface area contributed by atoms with Crippen LogP contribution >= 0.6 is 0 Å². The zero-order valence-electron chi connectivity index (χ0n) is 21.7. The highest BCUT2D eigenvalue weighted by Gasteiger charge is 2.22. The summed E-state index contributed by atoms with van der Waals surface area (Å²) in [5, 5.41) is 5.53. The number of para-hydroxylation sites is 1. The number of rotatable bonds is 8. The Hall–Kier alpha value is -5.31. The molecule has 0 spiro atoms. The van der Waals surface area contributed by atoms with Gasteiger partial charge in [-0.05, 0) is 48.4 Å². The zero-order chi connectivity index (χ0) is 28.2. The molecule has 3 aromatic carbocycles.